The van der Waals surface area contributed by atoms with Crippen molar-refractivity contribution in [1.29, 1.82) is 0 Å². The van der Waals surface area contributed by atoms with Gasteiger partial charge in [0.2, 0.25) is 0 Å². The Bertz CT molecular complexity index is 652. The Balaban J connectivity index is 1.54. The number of hydrogen-bond donors (Lipinski definition) is 1. The zero-order valence-corrected chi connectivity index (χ0v) is 13.0. The van der Waals surface area contributed by atoms with E-state index >= 15 is 0 Å². The van der Waals surface area contributed by atoms with Crippen molar-refractivity contribution in [2.24, 2.45) is 17.8 Å². The lowest BCUT2D eigenvalue weighted by Gasteiger charge is -2.20. The second-order valence-electron chi connectivity index (χ2n) is 6.93. The van der Waals surface area contributed by atoms with Crippen molar-refractivity contribution >= 4 is 11.9 Å². The van der Waals surface area contributed by atoms with Gasteiger partial charge in [-0.25, -0.2) is 0 Å². The maximum atomic E-state index is 12.8. The molecule has 2 atom stereocenters. The molecule has 1 aliphatic carbocycles. The van der Waals surface area contributed by atoms with Crippen molar-refractivity contribution in [1.82, 2.24) is 4.90 Å². The predicted molar refractivity (Wildman–Crippen MR) is 83.5 cm³/mol. The van der Waals surface area contributed by atoms with E-state index in [-0.39, 0.29) is 11.8 Å². The molecule has 1 N–H and O–H groups in total. The number of likely N-dealkylation sites (tertiary alicyclic amines) is 1. The average Bonchev–Trinajstić information content (AvgIpc) is 3.31. The molecule has 1 saturated carbocycles. The molecule has 0 unspecified atom stereocenters. The topological polar surface area (TPSA) is 66.8 Å². The quantitative estimate of drug-likeness (QED) is 0.928. The van der Waals surface area contributed by atoms with Crippen LogP contribution in [0, 0.1) is 17.8 Å². The van der Waals surface area contributed by atoms with Gasteiger partial charge in [0.25, 0.3) is 5.91 Å². The molecule has 23 heavy (non-hydrogen) atoms. The van der Waals surface area contributed by atoms with Gasteiger partial charge in [-0.1, -0.05) is 0 Å². The summed E-state index contributed by atoms with van der Waals surface area (Å²) in [6.45, 7) is 1.65. The molecule has 2 aliphatic heterocycles. The van der Waals surface area contributed by atoms with E-state index in [9.17, 15) is 14.7 Å². The first-order valence-electron chi connectivity index (χ1n) is 8.41. The number of ether oxygens (including phenoxy) is 1. The van der Waals surface area contributed by atoms with E-state index in [0.717, 1.165) is 43.6 Å². The third-order valence-corrected chi connectivity index (χ3v) is 5.35. The summed E-state index contributed by atoms with van der Waals surface area (Å²) in [6, 6.07) is 5.58. The van der Waals surface area contributed by atoms with Crippen LogP contribution in [0.4, 0.5) is 0 Å². The van der Waals surface area contributed by atoms with Gasteiger partial charge in [0.1, 0.15) is 5.75 Å². The first-order valence-corrected chi connectivity index (χ1v) is 8.41. The molecule has 5 nitrogen and oxygen atoms in total. The van der Waals surface area contributed by atoms with Gasteiger partial charge in [0, 0.05) is 18.7 Å². The number of nitrogens with zero attached hydrogens (tertiary/aromatic N) is 1. The van der Waals surface area contributed by atoms with E-state index in [1.165, 1.54) is 0 Å². The Labute approximate surface area is 135 Å². The number of amides is 1. The number of aliphatic carboxylic acids is 1. The highest BCUT2D eigenvalue weighted by molar-refractivity contribution is 5.95. The molecule has 3 aliphatic rings. The second-order valence-corrected chi connectivity index (χ2v) is 6.93. The molecule has 1 aromatic carbocycles. The Hall–Kier alpha value is -2.04. The molecule has 0 bridgehead atoms. The summed E-state index contributed by atoms with van der Waals surface area (Å²) in [4.78, 5) is 26.0. The van der Waals surface area contributed by atoms with Crippen molar-refractivity contribution in [2.45, 2.75) is 25.7 Å². The molecule has 0 spiro atoms. The van der Waals surface area contributed by atoms with Crippen molar-refractivity contribution in [3.8, 4) is 5.75 Å². The van der Waals surface area contributed by atoms with Crippen LogP contribution in [0.1, 0.15) is 35.2 Å². The molecule has 5 heteroatoms. The number of hydrogen-bond acceptors (Lipinski definition) is 3. The van der Waals surface area contributed by atoms with Gasteiger partial charge in [-0.05, 0) is 61.3 Å². The highest BCUT2D eigenvalue weighted by atomic mass is 16.5. The lowest BCUT2D eigenvalue weighted by molar-refractivity contribution is -0.142. The maximum absolute atomic E-state index is 12.8. The van der Waals surface area contributed by atoms with Crippen molar-refractivity contribution in [3.63, 3.8) is 0 Å². The monoisotopic (exact) mass is 315 g/mol. The van der Waals surface area contributed by atoms with Gasteiger partial charge in [-0.15, -0.1) is 0 Å². The molecular weight excluding hydrogens is 294 g/mol. The zero-order chi connectivity index (χ0) is 16.0. The highest BCUT2D eigenvalue weighted by Crippen LogP contribution is 2.44. The van der Waals surface area contributed by atoms with E-state index in [1.54, 1.807) is 11.0 Å². The molecule has 2 fully saturated rings. The number of rotatable bonds is 3. The van der Waals surface area contributed by atoms with Gasteiger partial charge in [0.15, 0.2) is 0 Å². The summed E-state index contributed by atoms with van der Waals surface area (Å²) in [7, 11) is 0. The number of carboxylic acid groups (broad SMARTS) is 1. The fourth-order valence-corrected chi connectivity index (χ4v) is 3.93. The summed E-state index contributed by atoms with van der Waals surface area (Å²) in [5, 5.41) is 9.43. The Morgan fingerprint density at radius 2 is 2.04 bits per heavy atom. The minimum absolute atomic E-state index is 0.0484. The molecule has 1 aromatic rings. The largest absolute Gasteiger partial charge is 0.493 e. The molecule has 1 saturated heterocycles. The average molecular weight is 315 g/mol. The van der Waals surface area contributed by atoms with Crippen LogP contribution in [0.25, 0.3) is 0 Å². The van der Waals surface area contributed by atoms with Crippen LogP contribution in [0.5, 0.6) is 5.75 Å². The van der Waals surface area contributed by atoms with E-state index < -0.39 is 11.9 Å². The van der Waals surface area contributed by atoms with Gasteiger partial charge in [0.05, 0.1) is 12.5 Å². The zero-order valence-electron chi connectivity index (χ0n) is 13.0. The van der Waals surface area contributed by atoms with Gasteiger partial charge >= 0.3 is 5.97 Å². The fraction of sp³-hybridized carbons (Fsp3) is 0.556. The van der Waals surface area contributed by atoms with Crippen LogP contribution in [-0.4, -0.2) is 41.6 Å². The Morgan fingerprint density at radius 1 is 1.22 bits per heavy atom. The standard InChI is InChI=1S/C18H21NO4/c20-17(13-5-6-16-12(8-13)2-1-7-23-16)19-9-14(11-3-4-11)15(10-19)18(21)22/h5-6,8,11,14-15H,1-4,7,9-10H2,(H,21,22)/t14-,15+/m0/s1. The maximum Gasteiger partial charge on any atom is 0.308 e. The third-order valence-electron chi connectivity index (χ3n) is 5.35. The molecule has 122 valence electrons. The van der Waals surface area contributed by atoms with Crippen LogP contribution in [0.15, 0.2) is 18.2 Å². The van der Waals surface area contributed by atoms with E-state index in [1.807, 2.05) is 12.1 Å². The van der Waals surface area contributed by atoms with E-state index in [4.69, 9.17) is 4.74 Å². The number of carbonyl (C=O) groups excluding carboxylic acids is 1. The second kappa shape index (κ2) is 5.55. The summed E-state index contributed by atoms with van der Waals surface area (Å²) in [5.74, 6) is 0.257. The predicted octanol–water partition coefficient (Wildman–Crippen LogP) is 2.19. The minimum atomic E-state index is -0.768. The number of carboxylic acids is 1. The Kier molecular flexibility index (Phi) is 3.51. The third kappa shape index (κ3) is 2.69. The fourth-order valence-electron chi connectivity index (χ4n) is 3.93. The molecule has 2 heterocycles. The van der Waals surface area contributed by atoms with Crippen LogP contribution >= 0.6 is 0 Å². The van der Waals surface area contributed by atoms with Crippen molar-refractivity contribution < 1.29 is 19.4 Å². The first-order chi connectivity index (χ1) is 11.1. The number of aryl methyl sites for hydroxylation is 1. The SMILES string of the molecule is O=C(O)[C@@H]1CN(C(=O)c2ccc3c(c2)CCCO3)C[C@H]1C1CC1. The van der Waals surface area contributed by atoms with Crippen LogP contribution in [0.2, 0.25) is 0 Å². The number of benzene rings is 1. The lowest BCUT2D eigenvalue weighted by atomic mass is 9.92. The van der Waals surface area contributed by atoms with Crippen LogP contribution in [-0.2, 0) is 11.2 Å². The van der Waals surface area contributed by atoms with Crippen LogP contribution < -0.4 is 4.74 Å². The summed E-state index contributed by atoms with van der Waals surface area (Å²) >= 11 is 0. The molecular formula is C18H21NO4. The van der Waals surface area contributed by atoms with E-state index in [0.29, 0.717) is 24.6 Å². The normalized spacial score (nSPS) is 26.5. The molecule has 0 radical (unpaired) electrons. The summed E-state index contributed by atoms with van der Waals surface area (Å²) in [6.07, 6.45) is 4.11. The first kappa shape index (κ1) is 14.5. The lowest BCUT2D eigenvalue weighted by Crippen LogP contribution is -2.30. The molecule has 0 aromatic heterocycles. The molecule has 4 rings (SSSR count). The number of carbonyl (C=O) groups is 2. The minimum Gasteiger partial charge on any atom is -0.493 e. The van der Waals surface area contributed by atoms with Gasteiger partial charge in [-0.3, -0.25) is 9.59 Å². The smallest absolute Gasteiger partial charge is 0.308 e. The van der Waals surface area contributed by atoms with Gasteiger partial charge in [-0.2, -0.15) is 0 Å². The highest BCUT2D eigenvalue weighted by Gasteiger charge is 2.46. The van der Waals surface area contributed by atoms with E-state index in [2.05, 4.69) is 0 Å². The summed E-state index contributed by atoms with van der Waals surface area (Å²) in [5.41, 5.74) is 1.73. The summed E-state index contributed by atoms with van der Waals surface area (Å²) < 4.78 is 5.59. The Morgan fingerprint density at radius 3 is 2.78 bits per heavy atom. The van der Waals surface area contributed by atoms with Crippen molar-refractivity contribution in [3.05, 3.63) is 29.3 Å². The van der Waals surface area contributed by atoms with Crippen molar-refractivity contribution in [2.75, 3.05) is 19.7 Å². The number of fused-ring (bicyclic) bond motifs is 1. The molecule has 1 amide bonds. The van der Waals surface area contributed by atoms with Gasteiger partial charge < -0.3 is 14.7 Å². The van der Waals surface area contributed by atoms with Crippen LogP contribution in [0.3, 0.4) is 0 Å².